The van der Waals surface area contributed by atoms with Gasteiger partial charge in [0, 0.05) is 42.0 Å². The van der Waals surface area contributed by atoms with Crippen LogP contribution in [0.15, 0.2) is 12.1 Å². The first-order valence-electron chi connectivity index (χ1n) is 15.3. The molecular weight excluding hydrogens is 462 g/mol. The Hall–Kier alpha value is -1.30. The largest absolute Gasteiger partial charge is 0.493 e. The van der Waals surface area contributed by atoms with Crippen LogP contribution in [0.2, 0.25) is 0 Å². The van der Waals surface area contributed by atoms with Crippen molar-refractivity contribution in [3.05, 3.63) is 23.3 Å². The highest BCUT2D eigenvalue weighted by Crippen LogP contribution is 2.77. The number of piperidine rings is 1. The van der Waals surface area contributed by atoms with Gasteiger partial charge in [-0.05, 0) is 88.3 Å². The molecule has 6 aliphatic carbocycles. The Labute approximate surface area is 222 Å². The van der Waals surface area contributed by atoms with Gasteiger partial charge in [0.15, 0.2) is 11.5 Å². The zero-order chi connectivity index (χ0) is 25.2. The van der Waals surface area contributed by atoms with Gasteiger partial charge in [-0.3, -0.25) is 4.90 Å². The Morgan fingerprint density at radius 3 is 2.62 bits per heavy atom. The van der Waals surface area contributed by atoms with Gasteiger partial charge >= 0.3 is 0 Å². The summed E-state index contributed by atoms with van der Waals surface area (Å²) in [5.41, 5.74) is 1.80. The van der Waals surface area contributed by atoms with E-state index in [1.54, 1.807) is 7.11 Å². The Kier molecular flexibility index (Phi) is 4.88. The third-order valence-electron chi connectivity index (χ3n) is 12.8. The third-order valence-corrected chi connectivity index (χ3v) is 12.8. The van der Waals surface area contributed by atoms with Gasteiger partial charge in [-0.1, -0.05) is 31.7 Å². The van der Waals surface area contributed by atoms with Crippen LogP contribution in [0.4, 0.5) is 0 Å². The molecule has 0 aromatic heterocycles. The number of ether oxygens (including phenoxy) is 3. The number of fused-ring (bicyclic) bond motifs is 2. The summed E-state index contributed by atoms with van der Waals surface area (Å²) in [6.07, 6.45) is 14.3. The number of hydrogen-bond acceptors (Lipinski definition) is 5. The summed E-state index contributed by atoms with van der Waals surface area (Å²) < 4.78 is 19.8. The lowest BCUT2D eigenvalue weighted by molar-refractivity contribution is -0.303. The molecule has 5 saturated carbocycles. The molecule has 8 aliphatic rings. The van der Waals surface area contributed by atoms with Gasteiger partial charge in [0.1, 0.15) is 11.7 Å². The summed E-state index contributed by atoms with van der Waals surface area (Å²) in [5, 5.41) is 12.4. The average molecular weight is 508 g/mol. The molecule has 1 aromatic carbocycles. The molecule has 202 valence electrons. The summed E-state index contributed by atoms with van der Waals surface area (Å²) in [4.78, 5) is 2.89. The van der Waals surface area contributed by atoms with Crippen LogP contribution in [0.25, 0.3) is 0 Å². The second-order valence-electron chi connectivity index (χ2n) is 14.3. The first-order chi connectivity index (χ1) is 17.9. The first kappa shape index (κ1) is 23.6. The van der Waals surface area contributed by atoms with Gasteiger partial charge in [0.2, 0.25) is 0 Å². The second-order valence-corrected chi connectivity index (χ2v) is 14.3. The van der Waals surface area contributed by atoms with Crippen LogP contribution in [-0.4, -0.2) is 60.7 Å². The molecule has 2 heterocycles. The van der Waals surface area contributed by atoms with E-state index < -0.39 is 11.2 Å². The molecule has 5 nitrogen and oxygen atoms in total. The Balaban J connectivity index is 1.30. The van der Waals surface area contributed by atoms with Crippen molar-refractivity contribution in [3.63, 3.8) is 0 Å². The maximum Gasteiger partial charge on any atom is 0.165 e. The minimum absolute atomic E-state index is 0.0383. The smallest absolute Gasteiger partial charge is 0.165 e. The van der Waals surface area contributed by atoms with Crippen molar-refractivity contribution in [3.8, 4) is 11.5 Å². The minimum atomic E-state index is -0.752. The fourth-order valence-corrected chi connectivity index (χ4v) is 11.2. The van der Waals surface area contributed by atoms with E-state index in [-0.39, 0.29) is 22.9 Å². The summed E-state index contributed by atoms with van der Waals surface area (Å²) >= 11 is 0. The van der Waals surface area contributed by atoms with Gasteiger partial charge in [-0.2, -0.15) is 0 Å². The minimum Gasteiger partial charge on any atom is -0.493 e. The highest BCUT2D eigenvalue weighted by molar-refractivity contribution is 5.63. The summed E-state index contributed by atoms with van der Waals surface area (Å²) in [6.45, 7) is 4.56. The quantitative estimate of drug-likeness (QED) is 0.546. The maximum absolute atomic E-state index is 12.4. The number of nitrogens with zero attached hydrogens (tertiary/aromatic N) is 1. The van der Waals surface area contributed by atoms with Crippen molar-refractivity contribution in [2.45, 2.75) is 113 Å². The third kappa shape index (κ3) is 2.82. The molecule has 5 heteroatoms. The number of methoxy groups -OCH3 is 2. The molecule has 0 unspecified atom stereocenters. The molecule has 2 aliphatic heterocycles. The van der Waals surface area contributed by atoms with E-state index in [4.69, 9.17) is 14.2 Å². The molecule has 0 radical (unpaired) electrons. The fraction of sp³-hybridized carbons (Fsp3) is 0.812. The van der Waals surface area contributed by atoms with Crippen LogP contribution in [-0.2, 0) is 16.6 Å². The average Bonchev–Trinajstić information content (AvgIpc) is 3.42. The first-order valence-corrected chi connectivity index (χ1v) is 15.3. The van der Waals surface area contributed by atoms with Gasteiger partial charge in [-0.15, -0.1) is 0 Å². The van der Waals surface area contributed by atoms with Crippen molar-refractivity contribution in [1.29, 1.82) is 0 Å². The van der Waals surface area contributed by atoms with Gasteiger partial charge in [0.25, 0.3) is 0 Å². The molecule has 4 bridgehead atoms. The number of aliphatic hydroxyl groups is 1. The van der Waals surface area contributed by atoms with Crippen molar-refractivity contribution < 1.29 is 19.3 Å². The predicted octanol–water partition coefficient (Wildman–Crippen LogP) is 5.25. The number of likely N-dealkylation sites (tertiary alicyclic amines) is 1. The van der Waals surface area contributed by atoms with E-state index in [1.807, 2.05) is 7.11 Å². The van der Waals surface area contributed by atoms with Crippen molar-refractivity contribution in [2.24, 2.45) is 23.2 Å². The number of benzene rings is 1. The molecule has 37 heavy (non-hydrogen) atoms. The molecule has 6 fully saturated rings. The zero-order valence-corrected chi connectivity index (χ0v) is 23.1. The Morgan fingerprint density at radius 1 is 1.08 bits per heavy atom. The van der Waals surface area contributed by atoms with E-state index in [2.05, 4.69) is 24.0 Å². The molecule has 9 rings (SSSR count). The van der Waals surface area contributed by atoms with Crippen molar-refractivity contribution in [2.75, 3.05) is 27.3 Å². The highest BCUT2D eigenvalue weighted by Gasteiger charge is 2.82. The monoisotopic (exact) mass is 507 g/mol. The van der Waals surface area contributed by atoms with Crippen LogP contribution in [0.5, 0.6) is 11.5 Å². The molecule has 1 saturated heterocycles. The van der Waals surface area contributed by atoms with Gasteiger partial charge in [-0.25, -0.2) is 0 Å². The van der Waals surface area contributed by atoms with E-state index in [0.717, 1.165) is 56.1 Å². The van der Waals surface area contributed by atoms with E-state index in [9.17, 15) is 5.11 Å². The number of hydrogen-bond donors (Lipinski definition) is 1. The molecule has 2 spiro atoms. The lowest BCUT2D eigenvalue weighted by Crippen LogP contribution is -2.82. The normalized spacial score (nSPS) is 43.4. The molecule has 7 atom stereocenters. The summed E-state index contributed by atoms with van der Waals surface area (Å²) in [6, 6.07) is 5.00. The summed E-state index contributed by atoms with van der Waals surface area (Å²) in [5.74, 6) is 3.48. The molecule has 1 N–H and O–H groups in total. The number of rotatable bonds is 7. The predicted molar refractivity (Wildman–Crippen MR) is 142 cm³/mol. The van der Waals surface area contributed by atoms with Crippen molar-refractivity contribution >= 4 is 0 Å². The topological polar surface area (TPSA) is 51.2 Å². The van der Waals surface area contributed by atoms with Gasteiger partial charge in [0.05, 0.1) is 12.7 Å². The standard InChI is InChI=1S/C32H45NO4/c1-29(34,17-20-6-4-5-7-20)24-18-30-12-13-32(24,36-3)28-31(30)14-15-33(19-21-8-9-21)25(30)16-22-10-11-23(35-2)27(37-28)26(22)31/h10-11,20-21,24-25,28,34H,4-9,12-19H2,1-3H3/t24-,25-,28-,29-,30-,31+,32-/m1/s1. The Bertz CT molecular complexity index is 1110. The van der Waals surface area contributed by atoms with Gasteiger partial charge < -0.3 is 19.3 Å². The molecule has 1 aromatic rings. The van der Waals surface area contributed by atoms with Crippen LogP contribution in [0, 0.1) is 23.2 Å². The Morgan fingerprint density at radius 2 is 1.89 bits per heavy atom. The van der Waals surface area contributed by atoms with E-state index in [1.165, 1.54) is 62.6 Å². The van der Waals surface area contributed by atoms with Crippen molar-refractivity contribution in [1.82, 2.24) is 4.90 Å². The zero-order valence-electron chi connectivity index (χ0n) is 23.1. The fourth-order valence-electron chi connectivity index (χ4n) is 11.2. The molecule has 0 amide bonds. The SMILES string of the molecule is COc1ccc2c3c1O[C@H]1[C@@]4(OC)CC[C@@]5(C[C@@H]4[C@](C)(O)CC4CCCC4)[C@@H](C2)N(CC2CC2)CC[C@]315. The molecular formula is C32H45NO4. The lowest BCUT2D eigenvalue weighted by atomic mass is 9.33. The van der Waals surface area contributed by atoms with E-state index in [0.29, 0.717) is 12.0 Å². The van der Waals surface area contributed by atoms with Crippen LogP contribution >= 0.6 is 0 Å². The summed E-state index contributed by atoms with van der Waals surface area (Å²) in [7, 11) is 3.68. The lowest BCUT2D eigenvalue weighted by Gasteiger charge is -2.75. The van der Waals surface area contributed by atoms with Crippen LogP contribution in [0.1, 0.15) is 88.7 Å². The second kappa shape index (κ2) is 7.67. The van der Waals surface area contributed by atoms with Crippen LogP contribution < -0.4 is 9.47 Å². The van der Waals surface area contributed by atoms with E-state index >= 15 is 0 Å². The highest BCUT2D eigenvalue weighted by atomic mass is 16.6. The maximum atomic E-state index is 12.4. The van der Waals surface area contributed by atoms with Crippen LogP contribution in [0.3, 0.4) is 0 Å².